The third kappa shape index (κ3) is 4.36. The summed E-state index contributed by atoms with van der Waals surface area (Å²) in [5.41, 5.74) is 1.67. The lowest BCUT2D eigenvalue weighted by Crippen LogP contribution is -2.44. The van der Waals surface area contributed by atoms with E-state index in [0.717, 1.165) is 5.69 Å². The van der Waals surface area contributed by atoms with Crippen molar-refractivity contribution < 1.29 is 19.1 Å². The minimum atomic E-state index is -0.0616. The van der Waals surface area contributed by atoms with E-state index in [0.29, 0.717) is 62.8 Å². The summed E-state index contributed by atoms with van der Waals surface area (Å²) in [5.74, 6) is 1.49. The Balaban J connectivity index is 1.32. The van der Waals surface area contributed by atoms with Crippen LogP contribution >= 0.6 is 0 Å². The van der Waals surface area contributed by atoms with Crippen LogP contribution in [-0.2, 0) is 4.79 Å². The molecule has 2 aromatic carbocycles. The molecule has 0 radical (unpaired) electrons. The molecule has 0 unspecified atom stereocenters. The van der Waals surface area contributed by atoms with Crippen molar-refractivity contribution in [3.8, 4) is 11.5 Å². The van der Waals surface area contributed by atoms with Gasteiger partial charge in [0.1, 0.15) is 13.2 Å². The summed E-state index contributed by atoms with van der Waals surface area (Å²) in [6.07, 6.45) is 1.38. The highest BCUT2D eigenvalue weighted by Crippen LogP contribution is 2.32. The van der Waals surface area contributed by atoms with Gasteiger partial charge in [0, 0.05) is 37.3 Å². The molecule has 1 fully saturated rings. The molecule has 0 aliphatic carbocycles. The van der Waals surface area contributed by atoms with Crippen molar-refractivity contribution >= 4 is 17.4 Å². The average Bonchev–Trinajstić information content (AvgIpc) is 2.79. The maximum absolute atomic E-state index is 12.9. The van der Waals surface area contributed by atoms with Gasteiger partial charge in [-0.15, -0.1) is 0 Å². The zero-order valence-corrected chi connectivity index (χ0v) is 16.7. The maximum atomic E-state index is 12.9. The fraction of sp³-hybridized carbons (Fsp3) is 0.391. The lowest BCUT2D eigenvalue weighted by molar-refractivity contribution is -0.130. The highest BCUT2D eigenvalue weighted by molar-refractivity contribution is 5.98. The molecule has 4 rings (SSSR count). The predicted molar refractivity (Wildman–Crippen MR) is 111 cm³/mol. The molecule has 1 amide bonds. The summed E-state index contributed by atoms with van der Waals surface area (Å²) in [6, 6.07) is 15.3. The van der Waals surface area contributed by atoms with Crippen molar-refractivity contribution in [2.75, 3.05) is 44.8 Å². The highest BCUT2D eigenvalue weighted by Gasteiger charge is 2.29. The number of amides is 1. The number of nitrogens with zero attached hydrogens (tertiary/aromatic N) is 2. The summed E-state index contributed by atoms with van der Waals surface area (Å²) < 4.78 is 11.1. The molecule has 0 N–H and O–H groups in total. The van der Waals surface area contributed by atoms with E-state index >= 15 is 0 Å². The Morgan fingerprint density at radius 2 is 1.69 bits per heavy atom. The van der Waals surface area contributed by atoms with Crippen LogP contribution in [0.4, 0.5) is 5.69 Å². The molecule has 2 heterocycles. The molecular weight excluding hydrogens is 368 g/mol. The van der Waals surface area contributed by atoms with Gasteiger partial charge < -0.3 is 19.3 Å². The van der Waals surface area contributed by atoms with Crippen LogP contribution in [0.3, 0.4) is 0 Å². The molecule has 1 saturated heterocycles. The fourth-order valence-corrected chi connectivity index (χ4v) is 3.90. The number of para-hydroxylation sites is 1. The first-order valence-corrected chi connectivity index (χ1v) is 10.1. The number of hydrogen-bond acceptors (Lipinski definition) is 5. The van der Waals surface area contributed by atoms with Crippen LogP contribution in [-0.4, -0.2) is 56.5 Å². The first kappa shape index (κ1) is 19.3. The molecule has 6 heteroatoms. The second kappa shape index (κ2) is 8.55. The van der Waals surface area contributed by atoms with E-state index in [1.807, 2.05) is 53.2 Å². The van der Waals surface area contributed by atoms with Gasteiger partial charge in [-0.25, -0.2) is 0 Å². The van der Waals surface area contributed by atoms with Gasteiger partial charge in [-0.1, -0.05) is 18.2 Å². The lowest BCUT2D eigenvalue weighted by Gasteiger charge is -2.33. The molecule has 2 aliphatic heterocycles. The molecular formula is C23H26N2O4. The number of rotatable bonds is 5. The Morgan fingerprint density at radius 1 is 1.00 bits per heavy atom. The summed E-state index contributed by atoms with van der Waals surface area (Å²) in [4.78, 5) is 29.4. The van der Waals surface area contributed by atoms with Gasteiger partial charge in [-0.2, -0.15) is 0 Å². The number of fused-ring (bicyclic) bond motifs is 1. The van der Waals surface area contributed by atoms with Crippen LogP contribution in [0.2, 0.25) is 0 Å². The van der Waals surface area contributed by atoms with E-state index in [1.54, 1.807) is 12.1 Å². The number of carbonyl (C=O) groups excluding carboxylic acids is 2. The topological polar surface area (TPSA) is 59.1 Å². The summed E-state index contributed by atoms with van der Waals surface area (Å²) in [7, 11) is 1.92. The van der Waals surface area contributed by atoms with Crippen LogP contribution in [0.1, 0.15) is 23.2 Å². The monoisotopic (exact) mass is 394 g/mol. The maximum Gasteiger partial charge on any atom is 0.242 e. The molecule has 0 bridgehead atoms. The number of likely N-dealkylation sites (N-methyl/N-ethyl adjacent to an activating group) is 1. The fourth-order valence-electron chi connectivity index (χ4n) is 3.90. The molecule has 29 heavy (non-hydrogen) atoms. The number of benzene rings is 2. The minimum absolute atomic E-state index is 0.0616. The first-order valence-electron chi connectivity index (χ1n) is 10.1. The van der Waals surface area contributed by atoms with Gasteiger partial charge in [0.15, 0.2) is 17.3 Å². The Hall–Kier alpha value is -3.02. The quantitative estimate of drug-likeness (QED) is 0.730. The lowest BCUT2D eigenvalue weighted by atomic mass is 9.88. The number of carbonyl (C=O) groups is 2. The Labute approximate surface area is 171 Å². The van der Waals surface area contributed by atoms with Gasteiger partial charge in [0.25, 0.3) is 0 Å². The molecule has 0 saturated carbocycles. The highest BCUT2D eigenvalue weighted by atomic mass is 16.6. The van der Waals surface area contributed by atoms with Crippen molar-refractivity contribution in [2.24, 2.45) is 5.92 Å². The van der Waals surface area contributed by atoms with E-state index in [1.165, 1.54) is 0 Å². The molecule has 2 aromatic rings. The number of ether oxygens (including phenoxy) is 2. The van der Waals surface area contributed by atoms with E-state index in [-0.39, 0.29) is 17.6 Å². The zero-order chi connectivity index (χ0) is 20.2. The summed E-state index contributed by atoms with van der Waals surface area (Å²) >= 11 is 0. The smallest absolute Gasteiger partial charge is 0.242 e. The predicted octanol–water partition coefficient (Wildman–Crippen LogP) is 3.02. The molecule has 0 atom stereocenters. The van der Waals surface area contributed by atoms with E-state index in [2.05, 4.69) is 0 Å². The average molecular weight is 394 g/mol. The second-order valence-corrected chi connectivity index (χ2v) is 7.57. The number of anilines is 1. The molecule has 0 aromatic heterocycles. The van der Waals surface area contributed by atoms with Gasteiger partial charge in [0.2, 0.25) is 5.91 Å². The first-order chi connectivity index (χ1) is 14.1. The molecule has 0 spiro atoms. The van der Waals surface area contributed by atoms with Crippen LogP contribution in [0, 0.1) is 5.92 Å². The van der Waals surface area contributed by atoms with Crippen LogP contribution in [0.25, 0.3) is 0 Å². The summed E-state index contributed by atoms with van der Waals surface area (Å²) in [6.45, 7) is 2.60. The van der Waals surface area contributed by atoms with Crippen LogP contribution < -0.4 is 14.4 Å². The van der Waals surface area contributed by atoms with Crippen molar-refractivity contribution in [2.45, 2.75) is 12.8 Å². The van der Waals surface area contributed by atoms with Gasteiger partial charge in [-0.05, 0) is 43.2 Å². The number of ketones is 1. The number of hydrogen-bond donors (Lipinski definition) is 0. The Morgan fingerprint density at radius 3 is 2.41 bits per heavy atom. The normalized spacial score (nSPS) is 16.4. The van der Waals surface area contributed by atoms with Gasteiger partial charge in [0.05, 0.1) is 6.54 Å². The number of piperidine rings is 1. The van der Waals surface area contributed by atoms with Crippen LogP contribution in [0.15, 0.2) is 48.5 Å². The van der Waals surface area contributed by atoms with Crippen molar-refractivity contribution in [3.05, 3.63) is 54.1 Å². The van der Waals surface area contributed by atoms with E-state index < -0.39 is 0 Å². The molecule has 152 valence electrons. The van der Waals surface area contributed by atoms with Crippen molar-refractivity contribution in [3.63, 3.8) is 0 Å². The zero-order valence-electron chi connectivity index (χ0n) is 16.7. The van der Waals surface area contributed by atoms with Gasteiger partial charge >= 0.3 is 0 Å². The SMILES string of the molecule is CN(CC(=O)N1CCC(C(=O)c2ccc3c(c2)OCCO3)CC1)c1ccccc1. The van der Waals surface area contributed by atoms with E-state index in [9.17, 15) is 9.59 Å². The third-order valence-electron chi connectivity index (χ3n) is 5.61. The third-order valence-corrected chi connectivity index (χ3v) is 5.61. The standard InChI is InChI=1S/C23H26N2O4/c1-24(19-5-3-2-4-6-19)16-22(26)25-11-9-17(10-12-25)23(27)18-7-8-20-21(15-18)29-14-13-28-20/h2-8,15,17H,9-14,16H2,1H3. The van der Waals surface area contributed by atoms with Crippen molar-refractivity contribution in [1.82, 2.24) is 4.90 Å². The second-order valence-electron chi connectivity index (χ2n) is 7.57. The van der Waals surface area contributed by atoms with Crippen LogP contribution in [0.5, 0.6) is 11.5 Å². The van der Waals surface area contributed by atoms with E-state index in [4.69, 9.17) is 9.47 Å². The minimum Gasteiger partial charge on any atom is -0.486 e. The van der Waals surface area contributed by atoms with Crippen molar-refractivity contribution in [1.29, 1.82) is 0 Å². The Bertz CT molecular complexity index is 876. The number of Topliss-reactive ketones (excluding diaryl/α,β-unsaturated/α-hetero) is 1. The number of likely N-dealkylation sites (tertiary alicyclic amines) is 1. The largest absolute Gasteiger partial charge is 0.486 e. The Kier molecular flexibility index (Phi) is 5.69. The van der Waals surface area contributed by atoms with Gasteiger partial charge in [-0.3, -0.25) is 9.59 Å². The summed E-state index contributed by atoms with van der Waals surface area (Å²) in [5, 5.41) is 0. The molecule has 6 nitrogen and oxygen atoms in total. The molecule has 2 aliphatic rings.